The molecular formula is C68H45N3. The summed E-state index contributed by atoms with van der Waals surface area (Å²) < 4.78 is 2.54. The predicted octanol–water partition coefficient (Wildman–Crippen LogP) is 19.1. The molecule has 0 unspecified atom stereocenters. The summed E-state index contributed by atoms with van der Waals surface area (Å²) in [6.07, 6.45) is 0. The summed E-state index contributed by atoms with van der Waals surface area (Å²) in [5, 5.41) is 9.84. The zero-order chi connectivity index (χ0) is 46.8. The monoisotopic (exact) mass is 903 g/mol. The van der Waals surface area contributed by atoms with E-state index in [1.807, 2.05) is 0 Å². The van der Waals surface area contributed by atoms with E-state index in [9.17, 15) is 0 Å². The Bertz CT molecular complexity index is 3970. The van der Waals surface area contributed by atoms with Crippen molar-refractivity contribution in [3.05, 3.63) is 273 Å². The average Bonchev–Trinajstić information content (AvgIpc) is 3.94. The molecule has 71 heavy (non-hydrogen) atoms. The number of hydrogen-bond donors (Lipinski definition) is 0. The molecule has 0 fully saturated rings. The number of hydrogen-bond acceptors (Lipinski definition) is 2. The standard InChI is InChI=1S/C68H45N3/c1-6-16-46(17-7-1)49-26-32-58(33-27-49)69(56-22-12-4-13-23-56)60-36-30-51-40-62-64-42-55(48-20-10-3-11-21-48)43-65-63-41-52-31-37-61(39-54(52)45-67(63)71(68(64)65)66(62)44-53(51)38-60)70(57-24-14-5-15-25-57)59-34-28-50(29-35-59)47-18-8-2-9-19-47/h1-45H. The number of rotatable bonds is 9. The van der Waals surface area contributed by atoms with E-state index < -0.39 is 0 Å². The number of anilines is 6. The summed E-state index contributed by atoms with van der Waals surface area (Å²) in [5.41, 5.74) is 17.6. The van der Waals surface area contributed by atoms with Crippen molar-refractivity contribution in [3.63, 3.8) is 0 Å². The van der Waals surface area contributed by atoms with E-state index in [2.05, 4.69) is 287 Å². The highest BCUT2D eigenvalue weighted by atomic mass is 15.1. The molecule has 0 atom stereocenters. The molecule has 3 nitrogen and oxygen atoms in total. The highest BCUT2D eigenvalue weighted by Gasteiger charge is 2.22. The minimum atomic E-state index is 1.11. The van der Waals surface area contributed by atoms with Crippen LogP contribution in [0.5, 0.6) is 0 Å². The fourth-order valence-electron chi connectivity index (χ4n) is 11.0. The third-order valence-corrected chi connectivity index (χ3v) is 14.4. The smallest absolute Gasteiger partial charge is 0.0620 e. The van der Waals surface area contributed by atoms with Crippen molar-refractivity contribution in [2.24, 2.45) is 0 Å². The Hall–Kier alpha value is -9.44. The van der Waals surface area contributed by atoms with Crippen molar-refractivity contribution in [2.45, 2.75) is 0 Å². The molecule has 0 spiro atoms. The Morgan fingerprint density at radius 1 is 0.211 bits per heavy atom. The maximum absolute atomic E-state index is 2.54. The van der Waals surface area contributed by atoms with Crippen LogP contribution in [0.1, 0.15) is 0 Å². The van der Waals surface area contributed by atoms with Gasteiger partial charge in [-0.3, -0.25) is 0 Å². The predicted molar refractivity (Wildman–Crippen MR) is 302 cm³/mol. The minimum Gasteiger partial charge on any atom is -0.310 e. The topological polar surface area (TPSA) is 10.9 Å². The molecule has 2 aromatic heterocycles. The first-order chi connectivity index (χ1) is 35.2. The van der Waals surface area contributed by atoms with Gasteiger partial charge in [0.2, 0.25) is 0 Å². The maximum Gasteiger partial charge on any atom is 0.0620 e. The molecule has 0 saturated carbocycles. The molecule has 0 aliphatic rings. The zero-order valence-corrected chi connectivity index (χ0v) is 38.8. The molecule has 3 heteroatoms. The molecule has 0 bridgehead atoms. The van der Waals surface area contributed by atoms with Crippen LogP contribution in [-0.2, 0) is 0 Å². The van der Waals surface area contributed by atoms with Crippen LogP contribution in [0.4, 0.5) is 34.1 Å². The number of aromatic nitrogens is 1. The Morgan fingerprint density at radius 2 is 0.535 bits per heavy atom. The van der Waals surface area contributed by atoms with Crippen LogP contribution in [-0.4, -0.2) is 4.40 Å². The lowest BCUT2D eigenvalue weighted by atomic mass is 9.97. The molecule has 0 radical (unpaired) electrons. The van der Waals surface area contributed by atoms with Crippen molar-refractivity contribution in [1.82, 2.24) is 4.40 Å². The third-order valence-electron chi connectivity index (χ3n) is 14.4. The number of para-hydroxylation sites is 2. The van der Waals surface area contributed by atoms with Gasteiger partial charge in [-0.15, -0.1) is 0 Å². The van der Waals surface area contributed by atoms with Gasteiger partial charge in [0.05, 0.1) is 16.6 Å². The Labute approximate surface area is 412 Å². The zero-order valence-electron chi connectivity index (χ0n) is 38.8. The van der Waals surface area contributed by atoms with Crippen molar-refractivity contribution in [1.29, 1.82) is 0 Å². The highest BCUT2D eigenvalue weighted by molar-refractivity contribution is 6.27. The van der Waals surface area contributed by atoms with Crippen molar-refractivity contribution < 1.29 is 0 Å². The third kappa shape index (κ3) is 6.97. The van der Waals surface area contributed by atoms with Crippen LogP contribution in [0.15, 0.2) is 273 Å². The van der Waals surface area contributed by atoms with E-state index in [4.69, 9.17) is 0 Å². The second kappa shape index (κ2) is 16.7. The van der Waals surface area contributed by atoms with Gasteiger partial charge in [0.1, 0.15) is 0 Å². The largest absolute Gasteiger partial charge is 0.310 e. The van der Waals surface area contributed by atoms with Crippen LogP contribution in [0.2, 0.25) is 0 Å². The first-order valence-electron chi connectivity index (χ1n) is 24.4. The van der Waals surface area contributed by atoms with Crippen LogP contribution in [0.25, 0.3) is 93.0 Å². The second-order valence-corrected chi connectivity index (χ2v) is 18.6. The lowest BCUT2D eigenvalue weighted by Gasteiger charge is -2.26. The molecule has 12 aromatic carbocycles. The molecule has 0 saturated heterocycles. The summed E-state index contributed by atoms with van der Waals surface area (Å²) in [4.78, 5) is 4.73. The van der Waals surface area contributed by atoms with Crippen molar-refractivity contribution >= 4 is 93.8 Å². The quantitative estimate of drug-likeness (QED) is 0.143. The molecule has 0 N–H and O–H groups in total. The van der Waals surface area contributed by atoms with E-state index in [0.717, 1.165) is 34.1 Å². The number of nitrogens with zero attached hydrogens (tertiary/aromatic N) is 3. The van der Waals surface area contributed by atoms with Crippen molar-refractivity contribution in [2.75, 3.05) is 9.80 Å². The van der Waals surface area contributed by atoms with Gasteiger partial charge in [0, 0.05) is 55.7 Å². The second-order valence-electron chi connectivity index (χ2n) is 18.6. The van der Waals surface area contributed by atoms with Crippen LogP contribution in [0, 0.1) is 0 Å². The summed E-state index contributed by atoms with van der Waals surface area (Å²) in [6, 6.07) is 99.7. The molecular weight excluding hydrogens is 859 g/mol. The maximum atomic E-state index is 2.54. The lowest BCUT2D eigenvalue weighted by Crippen LogP contribution is -2.09. The Kier molecular flexibility index (Phi) is 9.53. The molecule has 2 heterocycles. The SMILES string of the molecule is c1ccc(-c2ccc(N(c3ccccc3)c3ccc4cc5c6cc(-c7ccccc7)cc7c8cc9ccc(N(c%10ccccc%10)c%10ccc(-c%11ccccc%11)cc%10)cc9cc8n(c5cc4c3)c67)cc2)cc1. The van der Waals surface area contributed by atoms with Gasteiger partial charge >= 0.3 is 0 Å². The number of fused-ring (bicyclic) bond motifs is 8. The summed E-state index contributed by atoms with van der Waals surface area (Å²) in [7, 11) is 0. The van der Waals surface area contributed by atoms with Gasteiger partial charge in [0.25, 0.3) is 0 Å². The van der Waals surface area contributed by atoms with Crippen LogP contribution >= 0.6 is 0 Å². The van der Waals surface area contributed by atoms with E-state index in [-0.39, 0.29) is 0 Å². The van der Waals surface area contributed by atoms with E-state index >= 15 is 0 Å². The van der Waals surface area contributed by atoms with Gasteiger partial charge < -0.3 is 14.2 Å². The minimum absolute atomic E-state index is 1.11. The fraction of sp³-hybridized carbons (Fsp3) is 0. The van der Waals surface area contributed by atoms with Gasteiger partial charge in [-0.05, 0) is 164 Å². The average molecular weight is 904 g/mol. The van der Waals surface area contributed by atoms with Gasteiger partial charge in [0.15, 0.2) is 0 Å². The molecule has 14 aromatic rings. The lowest BCUT2D eigenvalue weighted by molar-refractivity contribution is 1.29. The molecule has 14 rings (SSSR count). The first kappa shape index (κ1) is 40.6. The Morgan fingerprint density at radius 3 is 0.930 bits per heavy atom. The van der Waals surface area contributed by atoms with E-state index in [1.165, 1.54) is 93.0 Å². The molecule has 0 amide bonds. The summed E-state index contributed by atoms with van der Waals surface area (Å²) >= 11 is 0. The van der Waals surface area contributed by atoms with Gasteiger partial charge in [-0.25, -0.2) is 0 Å². The summed E-state index contributed by atoms with van der Waals surface area (Å²) in [5.74, 6) is 0. The normalized spacial score (nSPS) is 11.7. The highest BCUT2D eigenvalue weighted by Crippen LogP contribution is 2.46. The van der Waals surface area contributed by atoms with Crippen molar-refractivity contribution in [3.8, 4) is 33.4 Å². The van der Waals surface area contributed by atoms with E-state index in [0.29, 0.717) is 0 Å². The summed E-state index contributed by atoms with van der Waals surface area (Å²) in [6.45, 7) is 0. The van der Waals surface area contributed by atoms with Crippen LogP contribution in [0.3, 0.4) is 0 Å². The molecule has 0 aliphatic heterocycles. The number of benzene rings is 12. The molecule has 332 valence electrons. The first-order valence-corrected chi connectivity index (χ1v) is 24.4. The fourth-order valence-corrected chi connectivity index (χ4v) is 11.0. The van der Waals surface area contributed by atoms with Crippen LogP contribution < -0.4 is 9.80 Å². The Balaban J connectivity index is 0.956. The van der Waals surface area contributed by atoms with E-state index in [1.54, 1.807) is 0 Å². The molecule has 0 aliphatic carbocycles. The van der Waals surface area contributed by atoms with Gasteiger partial charge in [-0.1, -0.05) is 164 Å². The van der Waals surface area contributed by atoms with Gasteiger partial charge in [-0.2, -0.15) is 0 Å².